The molecule has 2 aromatic heterocycles. The number of hydrogen-bond acceptors (Lipinski definition) is 6. The molecule has 0 radical (unpaired) electrons. The first-order chi connectivity index (χ1) is 9.52. The maximum atomic E-state index is 11.8. The van der Waals surface area contributed by atoms with Gasteiger partial charge in [-0.3, -0.25) is 4.40 Å². The van der Waals surface area contributed by atoms with Crippen LogP contribution in [0.2, 0.25) is 4.34 Å². The third kappa shape index (κ3) is 3.84. The van der Waals surface area contributed by atoms with Gasteiger partial charge in [-0.2, -0.15) is 5.10 Å². The van der Waals surface area contributed by atoms with E-state index < -0.39 is 5.97 Å². The number of guanidine groups is 1. The number of halogens is 2. The van der Waals surface area contributed by atoms with Gasteiger partial charge in [0, 0.05) is 6.20 Å². The normalized spacial score (nSPS) is 10.6. The van der Waals surface area contributed by atoms with Crippen molar-refractivity contribution in [3.8, 4) is 0 Å². The van der Waals surface area contributed by atoms with Gasteiger partial charge in [0.15, 0.2) is 10.7 Å². The third-order valence-corrected chi connectivity index (χ3v) is 3.26. The van der Waals surface area contributed by atoms with E-state index in [9.17, 15) is 4.79 Å². The Morgan fingerprint density at radius 2 is 2.33 bits per heavy atom. The summed E-state index contributed by atoms with van der Waals surface area (Å²) in [6.07, 6.45) is 2.93. The number of carbonyl (C=O) groups is 1. The monoisotopic (exact) mass is 350 g/mol. The lowest BCUT2D eigenvalue weighted by atomic mass is 10.3. The van der Waals surface area contributed by atoms with Gasteiger partial charge in [-0.1, -0.05) is 22.9 Å². The molecule has 0 amide bonds. The minimum atomic E-state index is -0.550. The zero-order valence-electron chi connectivity index (χ0n) is 10.8. The number of ether oxygens (including phenoxy) is 1. The Balaban J connectivity index is 0.00000220. The van der Waals surface area contributed by atoms with Crippen LogP contribution in [0.3, 0.4) is 0 Å². The highest BCUT2D eigenvalue weighted by Crippen LogP contribution is 2.25. The summed E-state index contributed by atoms with van der Waals surface area (Å²) in [6.45, 7) is 1.95. The number of aromatic nitrogens is 2. The van der Waals surface area contributed by atoms with Gasteiger partial charge in [0.2, 0.25) is 5.96 Å². The molecule has 4 N–H and O–H groups in total. The fourth-order valence-corrected chi connectivity index (χ4v) is 2.48. The standard InChI is InChI=1S/C10H11ClN6O2S.ClH/c1-2-19-8(18)7-5(3-14-16-9(12)13)17-4-6(11)20-10(17)15-7;/h3-4H,2H2,1H3,(H4,12,13,16);1H/b14-3+;. The van der Waals surface area contributed by atoms with Gasteiger partial charge < -0.3 is 16.2 Å². The summed E-state index contributed by atoms with van der Waals surface area (Å²) in [4.78, 5) is 16.6. The minimum absolute atomic E-state index is 0. The number of hydrogen-bond donors (Lipinski definition) is 2. The highest BCUT2D eigenvalue weighted by Gasteiger charge is 2.20. The van der Waals surface area contributed by atoms with Crippen molar-refractivity contribution in [1.29, 1.82) is 0 Å². The molecular formula is C10H12Cl2N6O2S. The summed E-state index contributed by atoms with van der Waals surface area (Å²) in [6, 6.07) is 0. The second kappa shape index (κ2) is 7.25. The second-order valence-electron chi connectivity index (χ2n) is 3.52. The molecule has 0 atom stereocenters. The topological polar surface area (TPSA) is 120 Å². The number of imidazole rings is 1. The van der Waals surface area contributed by atoms with Gasteiger partial charge in [0.1, 0.15) is 10.0 Å². The molecule has 0 unspecified atom stereocenters. The molecule has 0 aliphatic heterocycles. The van der Waals surface area contributed by atoms with E-state index in [1.165, 1.54) is 17.6 Å². The summed E-state index contributed by atoms with van der Waals surface area (Å²) >= 11 is 7.13. The second-order valence-corrected chi connectivity index (χ2v) is 5.16. The van der Waals surface area contributed by atoms with Gasteiger partial charge in [-0.25, -0.2) is 9.78 Å². The highest BCUT2D eigenvalue weighted by atomic mass is 35.5. The van der Waals surface area contributed by atoms with Gasteiger partial charge >= 0.3 is 5.97 Å². The number of nitrogens with two attached hydrogens (primary N) is 2. The largest absolute Gasteiger partial charge is 0.461 e. The molecule has 0 aliphatic carbocycles. The van der Waals surface area contributed by atoms with Crippen LogP contribution in [0.4, 0.5) is 0 Å². The first-order valence-corrected chi connectivity index (χ1v) is 6.68. The van der Waals surface area contributed by atoms with Crippen molar-refractivity contribution in [2.75, 3.05) is 6.61 Å². The number of nitrogens with zero attached hydrogens (tertiary/aromatic N) is 4. The summed E-state index contributed by atoms with van der Waals surface area (Å²) in [5, 5.41) is 7.16. The fourth-order valence-electron chi connectivity index (χ4n) is 1.46. The Hall–Kier alpha value is -1.84. The summed E-state index contributed by atoms with van der Waals surface area (Å²) in [5.74, 6) is -0.742. The Bertz CT molecular complexity index is 704. The van der Waals surface area contributed by atoms with E-state index in [0.29, 0.717) is 15.0 Å². The molecule has 0 aromatic carbocycles. The summed E-state index contributed by atoms with van der Waals surface area (Å²) < 4.78 is 7.08. The molecule has 0 saturated carbocycles. The van der Waals surface area contributed by atoms with Crippen molar-refractivity contribution in [3.05, 3.63) is 21.9 Å². The van der Waals surface area contributed by atoms with Gasteiger partial charge in [0.25, 0.3) is 0 Å². The smallest absolute Gasteiger partial charge is 0.359 e. The molecule has 114 valence electrons. The zero-order chi connectivity index (χ0) is 14.7. The molecule has 0 saturated heterocycles. The van der Waals surface area contributed by atoms with Gasteiger partial charge in [-0.15, -0.1) is 17.5 Å². The van der Waals surface area contributed by atoms with Crippen molar-refractivity contribution in [1.82, 2.24) is 9.38 Å². The van der Waals surface area contributed by atoms with Crippen LogP contribution in [0.25, 0.3) is 4.96 Å². The lowest BCUT2D eigenvalue weighted by molar-refractivity contribution is 0.0520. The quantitative estimate of drug-likeness (QED) is 0.372. The fraction of sp³-hybridized carbons (Fsp3) is 0.200. The van der Waals surface area contributed by atoms with Crippen LogP contribution in [0, 0.1) is 0 Å². The van der Waals surface area contributed by atoms with Crippen LogP contribution in [0.1, 0.15) is 23.1 Å². The van der Waals surface area contributed by atoms with E-state index in [1.807, 2.05) is 0 Å². The SMILES string of the molecule is CCOC(=O)c1nc2sc(Cl)cn2c1/C=N/N=C(N)N.Cl. The number of carbonyl (C=O) groups excluding carboxylic acids is 1. The number of esters is 1. The highest BCUT2D eigenvalue weighted by molar-refractivity contribution is 7.20. The maximum absolute atomic E-state index is 11.8. The average molecular weight is 351 g/mol. The number of fused-ring (bicyclic) bond motifs is 1. The Morgan fingerprint density at radius 1 is 1.62 bits per heavy atom. The molecule has 8 nitrogen and oxygen atoms in total. The molecule has 11 heteroatoms. The van der Waals surface area contributed by atoms with Crippen LogP contribution < -0.4 is 11.5 Å². The van der Waals surface area contributed by atoms with E-state index in [-0.39, 0.29) is 30.7 Å². The van der Waals surface area contributed by atoms with Crippen molar-refractivity contribution in [3.63, 3.8) is 0 Å². The lowest BCUT2D eigenvalue weighted by Gasteiger charge is -1.99. The van der Waals surface area contributed by atoms with Crippen molar-refractivity contribution < 1.29 is 9.53 Å². The van der Waals surface area contributed by atoms with Crippen LogP contribution >= 0.6 is 35.3 Å². The molecule has 0 fully saturated rings. The first kappa shape index (κ1) is 17.2. The Labute approximate surface area is 134 Å². The van der Waals surface area contributed by atoms with Crippen molar-refractivity contribution in [2.24, 2.45) is 21.7 Å². The Morgan fingerprint density at radius 3 is 2.95 bits per heavy atom. The number of thiazole rings is 1. The molecule has 21 heavy (non-hydrogen) atoms. The van der Waals surface area contributed by atoms with E-state index in [0.717, 1.165) is 0 Å². The maximum Gasteiger partial charge on any atom is 0.359 e. The van der Waals surface area contributed by atoms with E-state index in [2.05, 4.69) is 15.2 Å². The molecule has 2 heterocycles. The van der Waals surface area contributed by atoms with E-state index in [4.69, 9.17) is 27.8 Å². The van der Waals surface area contributed by atoms with Crippen LogP contribution in [0.5, 0.6) is 0 Å². The summed E-state index contributed by atoms with van der Waals surface area (Å²) in [5.41, 5.74) is 10.9. The molecule has 2 rings (SSSR count). The van der Waals surface area contributed by atoms with Gasteiger partial charge in [-0.05, 0) is 6.92 Å². The molecular weight excluding hydrogens is 339 g/mol. The molecule has 0 bridgehead atoms. The van der Waals surface area contributed by atoms with Crippen LogP contribution in [-0.2, 0) is 4.74 Å². The van der Waals surface area contributed by atoms with Crippen LogP contribution in [-0.4, -0.2) is 34.1 Å². The zero-order valence-corrected chi connectivity index (χ0v) is 13.2. The van der Waals surface area contributed by atoms with E-state index in [1.54, 1.807) is 17.5 Å². The van der Waals surface area contributed by atoms with Crippen molar-refractivity contribution >= 4 is 58.4 Å². The summed E-state index contributed by atoms with van der Waals surface area (Å²) in [7, 11) is 0. The molecule has 0 spiro atoms. The molecule has 2 aromatic rings. The van der Waals surface area contributed by atoms with Crippen LogP contribution in [0.15, 0.2) is 16.4 Å². The van der Waals surface area contributed by atoms with Gasteiger partial charge in [0.05, 0.1) is 12.8 Å². The predicted molar refractivity (Wildman–Crippen MR) is 84.7 cm³/mol. The Kier molecular flexibility index (Phi) is 5.94. The lowest BCUT2D eigenvalue weighted by Crippen LogP contribution is -2.21. The first-order valence-electron chi connectivity index (χ1n) is 5.49. The average Bonchev–Trinajstić information content (AvgIpc) is 2.86. The number of rotatable bonds is 4. The van der Waals surface area contributed by atoms with Crippen molar-refractivity contribution in [2.45, 2.75) is 6.92 Å². The third-order valence-electron chi connectivity index (χ3n) is 2.16. The predicted octanol–water partition coefficient (Wildman–Crippen LogP) is 1.25. The minimum Gasteiger partial charge on any atom is -0.461 e. The molecule has 0 aliphatic rings. The van der Waals surface area contributed by atoms with E-state index >= 15 is 0 Å².